The van der Waals surface area contributed by atoms with E-state index >= 15 is 4.79 Å². The van der Waals surface area contributed by atoms with Crippen LogP contribution in [0.4, 0.5) is 20.6 Å². The van der Waals surface area contributed by atoms with E-state index < -0.39 is 45.4 Å². The van der Waals surface area contributed by atoms with Crippen molar-refractivity contribution in [3.05, 3.63) is 188 Å². The van der Waals surface area contributed by atoms with Gasteiger partial charge in [-0.05, 0) is 103 Å². The highest BCUT2D eigenvalue weighted by Crippen LogP contribution is 2.62. The highest BCUT2D eigenvalue weighted by atomic mass is 19.1. The van der Waals surface area contributed by atoms with Crippen LogP contribution in [0, 0.1) is 43.8 Å². The minimum Gasteiger partial charge on any atom is -0.459 e. The molecule has 71 heavy (non-hydrogen) atoms. The summed E-state index contributed by atoms with van der Waals surface area (Å²) >= 11 is 0. The molecule has 370 valence electrons. The average molecular weight is 971 g/mol. The van der Waals surface area contributed by atoms with E-state index in [1.54, 1.807) is 42.5 Å². The summed E-state index contributed by atoms with van der Waals surface area (Å²) in [5, 5.41) is 48.2. The molecule has 5 aromatic carbocycles. The van der Waals surface area contributed by atoms with Gasteiger partial charge in [-0.25, -0.2) is 9.18 Å². The van der Waals surface area contributed by atoms with Crippen LogP contribution in [0.3, 0.4) is 0 Å². The first-order valence-corrected chi connectivity index (χ1v) is 23.7. The lowest BCUT2D eigenvalue weighted by Crippen LogP contribution is -2.70. The third-order valence-corrected chi connectivity index (χ3v) is 13.3. The van der Waals surface area contributed by atoms with E-state index in [-0.39, 0.29) is 74.1 Å². The number of allylic oxidation sites excluding steroid dienone is 1. The fraction of sp³-hybridized carbons (Fsp3) is 0.333. The van der Waals surface area contributed by atoms with Crippen molar-refractivity contribution in [3.63, 3.8) is 0 Å². The number of unbranched alkanes of at least 4 members (excludes halogenated alkanes) is 2. The van der Waals surface area contributed by atoms with Crippen molar-refractivity contribution in [3.8, 4) is 23.0 Å². The van der Waals surface area contributed by atoms with Crippen molar-refractivity contribution in [1.82, 2.24) is 4.90 Å². The highest BCUT2D eigenvalue weighted by molar-refractivity contribution is 6.03. The van der Waals surface area contributed by atoms with Gasteiger partial charge in [0.05, 0.1) is 34.1 Å². The molecule has 0 spiro atoms. The number of nitro groups is 2. The Balaban J connectivity index is 1.34. The normalized spacial score (nSPS) is 21.4. The lowest BCUT2D eigenvalue weighted by Gasteiger charge is -2.59. The lowest BCUT2D eigenvalue weighted by atomic mass is 9.55. The number of nitro benzene ring substituents is 2. The van der Waals surface area contributed by atoms with Gasteiger partial charge in [0, 0.05) is 55.9 Å². The number of carbonyl (C=O) groups is 1. The number of non-ortho nitro benzene ring substituents is 2. The quantitative estimate of drug-likeness (QED) is 0.0288. The molecule has 1 amide bonds. The number of ether oxygens (including phenoxy) is 4. The third-order valence-electron chi connectivity index (χ3n) is 13.3. The largest absolute Gasteiger partial charge is 0.459 e. The molecular formula is C54H55FN4O12. The molecule has 1 aliphatic heterocycles. The highest BCUT2D eigenvalue weighted by Gasteiger charge is 2.66. The van der Waals surface area contributed by atoms with Gasteiger partial charge in [-0.15, -0.1) is 6.58 Å². The predicted molar refractivity (Wildman–Crippen MR) is 260 cm³/mol. The fourth-order valence-electron chi connectivity index (χ4n) is 10.2. The van der Waals surface area contributed by atoms with Crippen molar-refractivity contribution < 1.29 is 53.0 Å². The number of oxime groups is 1. The molecular weight excluding hydrogens is 916 g/mol. The van der Waals surface area contributed by atoms with Crippen molar-refractivity contribution in [2.24, 2.45) is 22.9 Å². The van der Waals surface area contributed by atoms with Crippen LogP contribution in [0.25, 0.3) is 0 Å². The minimum atomic E-state index is -1.72. The van der Waals surface area contributed by atoms with Crippen LogP contribution >= 0.6 is 0 Å². The summed E-state index contributed by atoms with van der Waals surface area (Å²) in [4.78, 5) is 45.0. The summed E-state index contributed by atoms with van der Waals surface area (Å²) in [6.07, 6.45) is 6.73. The van der Waals surface area contributed by atoms with Crippen molar-refractivity contribution in [2.45, 2.75) is 75.8 Å². The van der Waals surface area contributed by atoms with Gasteiger partial charge in [-0.2, -0.15) is 0 Å². The Morgan fingerprint density at radius 3 is 2.24 bits per heavy atom. The first-order chi connectivity index (χ1) is 34.5. The Hall–Kier alpha value is -7.47. The van der Waals surface area contributed by atoms with E-state index in [4.69, 9.17) is 28.9 Å². The maximum absolute atomic E-state index is 15.1. The Morgan fingerprint density at radius 2 is 1.54 bits per heavy atom. The zero-order chi connectivity index (χ0) is 49.9. The van der Waals surface area contributed by atoms with Crippen molar-refractivity contribution >= 4 is 23.2 Å². The van der Waals surface area contributed by atoms with E-state index in [0.29, 0.717) is 61.3 Å². The molecule has 1 fully saturated rings. The van der Waals surface area contributed by atoms with Gasteiger partial charge in [-0.3, -0.25) is 25.1 Å². The number of aliphatic hydroxyl groups excluding tert-OH is 2. The second-order valence-electron chi connectivity index (χ2n) is 17.8. The van der Waals surface area contributed by atoms with Gasteiger partial charge >= 0.3 is 6.09 Å². The standard InChI is InChI=1S/C54H55FN4O12/c1-2-29-67-54-50(57(34-36-17-19-39(55)20-18-36)53(62)70-42-23-21-40(22-24-42)58(63)64)33-48(56-68-35-37-11-4-3-5-12-37)46-30-38(13-6-8-27-60)45(16-7-9-28-61)51(52(46)54)47-32-44(25-26-49(47)71-54)69-43-15-10-14-41(31-43)59(65)66/h2-5,10-12,14-15,17-26,30-32,38,45,50-52,60-61H,1,6-9,13,16,27-29,33-35H2. The number of rotatable bonds is 22. The molecule has 2 N–H and O–H groups in total. The van der Waals surface area contributed by atoms with Crippen LogP contribution in [0.15, 0.2) is 151 Å². The summed E-state index contributed by atoms with van der Waals surface area (Å²) < 4.78 is 41.3. The van der Waals surface area contributed by atoms with E-state index in [2.05, 4.69) is 12.7 Å². The van der Waals surface area contributed by atoms with Crippen molar-refractivity contribution in [2.75, 3.05) is 19.8 Å². The topological polar surface area (TPSA) is 206 Å². The van der Waals surface area contributed by atoms with Gasteiger partial charge in [0.25, 0.3) is 11.4 Å². The molecule has 0 radical (unpaired) electrons. The molecule has 5 aromatic rings. The second kappa shape index (κ2) is 23.0. The van der Waals surface area contributed by atoms with Crippen LogP contribution in [0.5, 0.6) is 23.0 Å². The van der Waals surface area contributed by atoms with Crippen LogP contribution in [0.2, 0.25) is 0 Å². The monoisotopic (exact) mass is 970 g/mol. The smallest absolute Gasteiger partial charge is 0.416 e. The molecule has 16 nitrogen and oxygen atoms in total. The van der Waals surface area contributed by atoms with E-state index in [1.807, 2.05) is 36.4 Å². The number of fused-ring (bicyclic) bond motifs is 2. The summed E-state index contributed by atoms with van der Waals surface area (Å²) in [5.74, 6) is -2.59. The molecule has 0 saturated heterocycles. The minimum absolute atomic E-state index is 0.000599. The van der Waals surface area contributed by atoms with Crippen LogP contribution in [0.1, 0.15) is 67.6 Å². The maximum atomic E-state index is 15.1. The zero-order valence-electron chi connectivity index (χ0n) is 38.9. The predicted octanol–water partition coefficient (Wildman–Crippen LogP) is 11.0. The van der Waals surface area contributed by atoms with Crippen LogP contribution in [-0.4, -0.2) is 68.4 Å². The Morgan fingerprint density at radius 1 is 0.831 bits per heavy atom. The number of carbonyl (C=O) groups excluding carboxylic acids is 1. The molecule has 2 aliphatic carbocycles. The van der Waals surface area contributed by atoms with Crippen LogP contribution in [-0.2, 0) is 22.7 Å². The van der Waals surface area contributed by atoms with Crippen LogP contribution < -0.4 is 14.2 Å². The molecule has 3 aliphatic rings. The molecule has 0 aromatic heterocycles. The number of hydrogen-bond acceptors (Lipinski definition) is 13. The summed E-state index contributed by atoms with van der Waals surface area (Å²) in [6, 6.07) is 30.5. The molecule has 17 heteroatoms. The number of amides is 1. The molecule has 1 heterocycles. The fourth-order valence-corrected chi connectivity index (χ4v) is 10.2. The van der Waals surface area contributed by atoms with Gasteiger partial charge in [0.1, 0.15) is 41.5 Å². The number of aliphatic hydroxyl groups is 2. The van der Waals surface area contributed by atoms with E-state index in [9.17, 15) is 34.8 Å². The van der Waals surface area contributed by atoms with E-state index in [1.165, 1.54) is 53.4 Å². The first-order valence-electron chi connectivity index (χ1n) is 23.7. The summed E-state index contributed by atoms with van der Waals surface area (Å²) in [7, 11) is 0. The number of halogens is 1. The third kappa shape index (κ3) is 11.4. The second-order valence-corrected chi connectivity index (χ2v) is 17.8. The molecule has 8 rings (SSSR count). The summed E-state index contributed by atoms with van der Waals surface area (Å²) in [5.41, 5.74) is 3.07. The van der Waals surface area contributed by atoms with Gasteiger partial charge in [0.2, 0.25) is 5.79 Å². The lowest BCUT2D eigenvalue weighted by molar-refractivity contribution is -0.385. The van der Waals surface area contributed by atoms with Crippen molar-refractivity contribution in [1.29, 1.82) is 0 Å². The maximum Gasteiger partial charge on any atom is 0.416 e. The Kier molecular flexibility index (Phi) is 16.2. The van der Waals surface area contributed by atoms with Gasteiger partial charge < -0.3 is 34.0 Å². The van der Waals surface area contributed by atoms with Gasteiger partial charge in [-0.1, -0.05) is 78.7 Å². The first kappa shape index (κ1) is 49.9. The number of hydrogen-bond donors (Lipinski definition) is 2. The SMILES string of the molecule is C=CCOC12Oc3ccc(Oc4cccc([N+](=O)[O-])c4)cc3C3C(CCCCO)C(CCCCO)C=C(C(=NOCc4ccccc4)CC1N(Cc1ccc(F)cc1)C(=O)Oc1ccc([N+](=O)[O-])cc1)C32. The van der Waals surface area contributed by atoms with Gasteiger partial charge in [0.15, 0.2) is 0 Å². The molecule has 1 saturated carbocycles. The number of nitrogens with zero attached hydrogens (tertiary/aromatic N) is 4. The number of benzene rings is 5. The Bertz CT molecular complexity index is 2740. The zero-order valence-corrected chi connectivity index (χ0v) is 38.9. The average Bonchev–Trinajstić information content (AvgIpc) is 3.37. The van der Waals surface area contributed by atoms with E-state index in [0.717, 1.165) is 16.7 Å². The molecule has 6 atom stereocenters. The molecule has 0 bridgehead atoms. The summed E-state index contributed by atoms with van der Waals surface area (Å²) in [6.45, 7) is 3.94. The Labute approximate surface area is 409 Å². The molecule has 6 unspecified atom stereocenters.